The van der Waals surface area contributed by atoms with Gasteiger partial charge in [0.2, 0.25) is 5.91 Å². The van der Waals surface area contributed by atoms with Crippen LogP contribution >= 0.6 is 24.8 Å². The van der Waals surface area contributed by atoms with Crippen molar-refractivity contribution in [3.63, 3.8) is 0 Å². The predicted octanol–water partition coefficient (Wildman–Crippen LogP) is 3.98. The molecule has 0 aliphatic heterocycles. The maximum absolute atomic E-state index is 12.5. The lowest BCUT2D eigenvalue weighted by molar-refractivity contribution is -0.123. The number of nitrogens with one attached hydrogen (secondary N) is 1. The molecule has 1 aliphatic rings. The highest BCUT2D eigenvalue weighted by molar-refractivity contribution is 5.85. The van der Waals surface area contributed by atoms with Gasteiger partial charge in [0.1, 0.15) is 0 Å². The lowest BCUT2D eigenvalue weighted by Gasteiger charge is -2.32. The summed E-state index contributed by atoms with van der Waals surface area (Å²) in [4.78, 5) is 16.9. The molecule has 5 nitrogen and oxygen atoms in total. The van der Waals surface area contributed by atoms with Crippen LogP contribution in [0.3, 0.4) is 0 Å². The topological polar surface area (TPSA) is 72.9 Å². The van der Waals surface area contributed by atoms with Gasteiger partial charge in [-0.25, -0.2) is 4.98 Å². The van der Waals surface area contributed by atoms with Crippen molar-refractivity contribution in [2.75, 3.05) is 0 Å². The molecule has 3 atom stereocenters. The fraction of sp³-hybridized carbons (Fsp3) is 0.545. The summed E-state index contributed by atoms with van der Waals surface area (Å²) in [7, 11) is 0. The number of hydrogen-bond acceptors (Lipinski definition) is 3. The van der Waals surface area contributed by atoms with Crippen molar-refractivity contribution < 1.29 is 4.79 Å². The predicted molar refractivity (Wildman–Crippen MR) is 123 cm³/mol. The first-order valence-corrected chi connectivity index (χ1v) is 10.1. The molecule has 0 spiro atoms. The molecule has 2 unspecified atom stereocenters. The van der Waals surface area contributed by atoms with Crippen molar-refractivity contribution in [3.05, 3.63) is 54.1 Å². The largest absolute Gasteiger partial charge is 0.352 e. The van der Waals surface area contributed by atoms with E-state index in [4.69, 9.17) is 5.73 Å². The van der Waals surface area contributed by atoms with Crippen LogP contribution in [-0.2, 0) is 17.8 Å². The molecule has 162 valence electrons. The smallest absolute Gasteiger partial charge is 0.237 e. The molecular weight excluding hydrogens is 407 g/mol. The van der Waals surface area contributed by atoms with E-state index in [2.05, 4.69) is 36.3 Å². The lowest BCUT2D eigenvalue weighted by Crippen LogP contribution is -2.48. The zero-order chi connectivity index (χ0) is 19.2. The summed E-state index contributed by atoms with van der Waals surface area (Å²) in [6, 6.07) is 9.96. The Bertz CT molecular complexity index is 735. The van der Waals surface area contributed by atoms with Crippen LogP contribution in [0, 0.1) is 11.8 Å². The molecule has 1 aromatic heterocycles. The first kappa shape index (κ1) is 25.5. The molecular formula is C22H34Cl2N4O. The number of amides is 1. The normalized spacial score (nSPS) is 19.7. The molecule has 1 saturated carbocycles. The van der Waals surface area contributed by atoms with Crippen molar-refractivity contribution in [2.24, 2.45) is 17.6 Å². The summed E-state index contributed by atoms with van der Waals surface area (Å²) in [6.07, 6.45) is 8.85. The van der Waals surface area contributed by atoms with Gasteiger partial charge in [-0.15, -0.1) is 24.8 Å². The standard InChI is InChI=1S/C22H32N4O.2ClH/c1-16(2)18-9-6-10-19(11-18)25-22(27)21(23)12-20-14-26(15-24-20)13-17-7-4-3-5-8-17;;/h3-5,7-8,14-16,18-19,21H,6,9-13,23H2,1-2H3,(H,25,27);2*1H/t18?,19?,21-;;/m0../s1. The van der Waals surface area contributed by atoms with Crippen molar-refractivity contribution in [1.29, 1.82) is 0 Å². The third kappa shape index (κ3) is 7.65. The van der Waals surface area contributed by atoms with Gasteiger partial charge >= 0.3 is 0 Å². The van der Waals surface area contributed by atoms with Crippen molar-refractivity contribution in [1.82, 2.24) is 14.9 Å². The summed E-state index contributed by atoms with van der Waals surface area (Å²) >= 11 is 0. The number of hydrogen-bond donors (Lipinski definition) is 2. The van der Waals surface area contributed by atoms with E-state index in [-0.39, 0.29) is 36.8 Å². The molecule has 1 aliphatic carbocycles. The van der Waals surface area contributed by atoms with Crippen LogP contribution in [0.5, 0.6) is 0 Å². The zero-order valence-corrected chi connectivity index (χ0v) is 18.9. The highest BCUT2D eigenvalue weighted by atomic mass is 35.5. The molecule has 3 rings (SSSR count). The van der Waals surface area contributed by atoms with Crippen LogP contribution < -0.4 is 11.1 Å². The number of carbonyl (C=O) groups is 1. The number of nitrogens with two attached hydrogens (primary N) is 1. The van der Waals surface area contributed by atoms with Crippen LogP contribution in [0.4, 0.5) is 0 Å². The zero-order valence-electron chi connectivity index (χ0n) is 17.3. The molecule has 7 heteroatoms. The fourth-order valence-electron chi connectivity index (χ4n) is 3.98. The molecule has 3 N–H and O–H groups in total. The minimum Gasteiger partial charge on any atom is -0.352 e. The highest BCUT2D eigenvalue weighted by Crippen LogP contribution is 2.29. The second-order valence-electron chi connectivity index (χ2n) is 8.21. The SMILES string of the molecule is CC(C)C1CCCC(NC(=O)[C@@H](N)Cc2cn(Cc3ccccc3)cn2)C1.Cl.Cl. The van der Waals surface area contributed by atoms with E-state index in [1.165, 1.54) is 18.4 Å². The van der Waals surface area contributed by atoms with E-state index >= 15 is 0 Å². The minimum atomic E-state index is -0.551. The maximum atomic E-state index is 12.5. The average Bonchev–Trinajstić information content (AvgIpc) is 3.09. The van der Waals surface area contributed by atoms with Gasteiger partial charge in [-0.3, -0.25) is 4.79 Å². The van der Waals surface area contributed by atoms with Crippen LogP contribution in [0.2, 0.25) is 0 Å². The van der Waals surface area contributed by atoms with Crippen molar-refractivity contribution >= 4 is 30.7 Å². The number of rotatable bonds is 7. The van der Waals surface area contributed by atoms with E-state index in [9.17, 15) is 4.79 Å². The van der Waals surface area contributed by atoms with Crippen molar-refractivity contribution in [3.8, 4) is 0 Å². The number of imidazole rings is 1. The molecule has 1 aromatic carbocycles. The Labute approximate surface area is 186 Å². The van der Waals surface area contributed by atoms with Crippen LogP contribution in [-0.4, -0.2) is 27.5 Å². The number of aromatic nitrogens is 2. The molecule has 2 aromatic rings. The molecule has 1 fully saturated rings. The summed E-state index contributed by atoms with van der Waals surface area (Å²) < 4.78 is 2.03. The summed E-state index contributed by atoms with van der Waals surface area (Å²) in [5, 5.41) is 3.17. The molecule has 29 heavy (non-hydrogen) atoms. The minimum absolute atomic E-state index is 0. The quantitative estimate of drug-likeness (QED) is 0.683. The van der Waals surface area contributed by atoms with Gasteiger partial charge in [-0.1, -0.05) is 57.0 Å². The second-order valence-corrected chi connectivity index (χ2v) is 8.21. The van der Waals surface area contributed by atoms with E-state index in [0.717, 1.165) is 25.1 Å². The van der Waals surface area contributed by atoms with E-state index < -0.39 is 6.04 Å². The number of carbonyl (C=O) groups excluding carboxylic acids is 1. The van der Waals surface area contributed by atoms with Crippen LogP contribution in [0.1, 0.15) is 50.8 Å². The molecule has 0 radical (unpaired) electrons. The summed E-state index contributed by atoms with van der Waals surface area (Å²) in [5.41, 5.74) is 8.24. The van der Waals surface area contributed by atoms with Gasteiger partial charge in [0.05, 0.1) is 18.1 Å². The van der Waals surface area contributed by atoms with Gasteiger partial charge in [0, 0.05) is 25.2 Å². The van der Waals surface area contributed by atoms with Gasteiger partial charge < -0.3 is 15.6 Å². The maximum Gasteiger partial charge on any atom is 0.237 e. The first-order valence-electron chi connectivity index (χ1n) is 10.1. The summed E-state index contributed by atoms with van der Waals surface area (Å²) in [6.45, 7) is 5.31. The second kappa shape index (κ2) is 12.2. The lowest BCUT2D eigenvalue weighted by atomic mass is 9.79. The summed E-state index contributed by atoms with van der Waals surface area (Å²) in [5.74, 6) is 1.32. The van der Waals surface area contributed by atoms with E-state index in [0.29, 0.717) is 18.3 Å². The van der Waals surface area contributed by atoms with E-state index in [1.54, 1.807) is 6.33 Å². The van der Waals surface area contributed by atoms with Gasteiger partial charge in [-0.2, -0.15) is 0 Å². The third-order valence-corrected chi connectivity index (χ3v) is 5.66. The van der Waals surface area contributed by atoms with E-state index in [1.807, 2.05) is 29.0 Å². The highest BCUT2D eigenvalue weighted by Gasteiger charge is 2.26. The monoisotopic (exact) mass is 440 g/mol. The van der Waals surface area contributed by atoms with Crippen molar-refractivity contribution in [2.45, 2.75) is 64.6 Å². The Balaban J connectivity index is 0.00000210. The number of nitrogens with zero attached hydrogens (tertiary/aromatic N) is 2. The Morgan fingerprint density at radius 1 is 1.24 bits per heavy atom. The van der Waals surface area contributed by atoms with Gasteiger partial charge in [-0.05, 0) is 30.2 Å². The Morgan fingerprint density at radius 3 is 2.66 bits per heavy atom. The Morgan fingerprint density at radius 2 is 1.97 bits per heavy atom. The van der Waals surface area contributed by atoms with Gasteiger partial charge in [0.15, 0.2) is 0 Å². The molecule has 1 heterocycles. The van der Waals surface area contributed by atoms with Crippen LogP contribution in [0.25, 0.3) is 0 Å². The molecule has 0 bridgehead atoms. The van der Waals surface area contributed by atoms with Crippen LogP contribution in [0.15, 0.2) is 42.9 Å². The average molecular weight is 441 g/mol. The van der Waals surface area contributed by atoms with Gasteiger partial charge in [0.25, 0.3) is 0 Å². The third-order valence-electron chi connectivity index (χ3n) is 5.66. The first-order chi connectivity index (χ1) is 13.0. The Kier molecular flexibility index (Phi) is 10.7. The molecule has 1 amide bonds. The Hall–Kier alpha value is -1.56. The molecule has 0 saturated heterocycles. The number of benzene rings is 1. The number of halogens is 2. The fourth-order valence-corrected chi connectivity index (χ4v) is 3.98.